The second-order valence-corrected chi connectivity index (χ2v) is 7.49. The third-order valence-corrected chi connectivity index (χ3v) is 4.93. The molecule has 0 aliphatic carbocycles. The molecule has 0 aliphatic rings. The van der Waals surface area contributed by atoms with Crippen LogP contribution in [-0.4, -0.2) is 41.8 Å². The van der Waals surface area contributed by atoms with Gasteiger partial charge in [-0.3, -0.25) is 19.1 Å². The highest BCUT2D eigenvalue weighted by molar-refractivity contribution is 5.96. The van der Waals surface area contributed by atoms with E-state index in [0.717, 1.165) is 12.8 Å². The maximum absolute atomic E-state index is 13.0. The van der Waals surface area contributed by atoms with E-state index in [2.05, 4.69) is 10.3 Å². The Kier molecular flexibility index (Phi) is 9.84. The van der Waals surface area contributed by atoms with E-state index in [4.69, 9.17) is 15.2 Å². The minimum absolute atomic E-state index is 0.0619. The van der Waals surface area contributed by atoms with Gasteiger partial charge in [0.2, 0.25) is 5.91 Å². The molecular weight excluding hydrogens is 426 g/mol. The fraction of sp³-hybridized carbons (Fsp3) is 0.522. The van der Waals surface area contributed by atoms with Crippen LogP contribution in [0.1, 0.15) is 47.0 Å². The lowest BCUT2D eigenvalue weighted by molar-refractivity contribution is -0.115. The van der Waals surface area contributed by atoms with Gasteiger partial charge in [0.1, 0.15) is 23.0 Å². The largest absolute Gasteiger partial charge is 0.494 e. The van der Waals surface area contributed by atoms with E-state index in [1.54, 1.807) is 23.1 Å². The van der Waals surface area contributed by atoms with Gasteiger partial charge in [-0.15, -0.1) is 0 Å². The lowest BCUT2D eigenvalue weighted by atomic mass is 10.2. The second-order valence-electron chi connectivity index (χ2n) is 7.49. The number of aromatic amines is 1. The van der Waals surface area contributed by atoms with Gasteiger partial charge in [-0.1, -0.05) is 20.3 Å². The number of H-pyrrole nitrogens is 1. The van der Waals surface area contributed by atoms with Crippen LogP contribution < -0.4 is 36.7 Å². The first kappa shape index (κ1) is 25.8. The van der Waals surface area contributed by atoms with E-state index < -0.39 is 11.2 Å². The van der Waals surface area contributed by atoms with Crippen molar-refractivity contribution in [2.75, 3.05) is 42.3 Å². The highest BCUT2D eigenvalue weighted by atomic mass is 16.5. The third kappa shape index (κ3) is 6.77. The summed E-state index contributed by atoms with van der Waals surface area (Å²) in [6.45, 7) is 9.25. The number of carbonyl (C=O) groups is 1. The summed E-state index contributed by atoms with van der Waals surface area (Å²) in [6.07, 6.45) is 2.27. The van der Waals surface area contributed by atoms with Gasteiger partial charge in [-0.25, -0.2) is 4.79 Å². The predicted molar refractivity (Wildman–Crippen MR) is 131 cm³/mol. The zero-order valence-electron chi connectivity index (χ0n) is 19.9. The summed E-state index contributed by atoms with van der Waals surface area (Å²) in [6, 6.07) is 5.20. The third-order valence-electron chi connectivity index (χ3n) is 4.93. The summed E-state index contributed by atoms with van der Waals surface area (Å²) in [4.78, 5) is 41.8. The molecule has 10 heteroatoms. The van der Waals surface area contributed by atoms with Gasteiger partial charge in [0, 0.05) is 19.2 Å². The van der Waals surface area contributed by atoms with E-state index in [1.807, 2.05) is 27.7 Å². The molecule has 0 unspecified atom stereocenters. The standard InChI is InChI=1S/C23H35N5O5/c1-5-9-13-28-21(24)20(22(30)26-23(28)31)27(12-6-2)15-19(29)25-17-14-16(32-7-3)10-11-18(17)33-8-4/h10-11,14H,5-9,12-13,15,24H2,1-4H3,(H,25,29)(H,26,30,31). The number of carbonyl (C=O) groups excluding carboxylic acids is 1. The molecule has 0 spiro atoms. The number of ether oxygens (including phenoxy) is 2. The van der Waals surface area contributed by atoms with E-state index in [-0.39, 0.29) is 24.0 Å². The van der Waals surface area contributed by atoms with Crippen LogP contribution in [0.25, 0.3) is 0 Å². The number of nitrogens with zero attached hydrogens (tertiary/aromatic N) is 2. The van der Waals surface area contributed by atoms with Crippen molar-refractivity contribution >= 4 is 23.1 Å². The molecule has 0 bridgehead atoms. The number of hydrogen-bond acceptors (Lipinski definition) is 7. The van der Waals surface area contributed by atoms with Gasteiger partial charge >= 0.3 is 5.69 Å². The monoisotopic (exact) mass is 461 g/mol. The van der Waals surface area contributed by atoms with Crippen molar-refractivity contribution < 1.29 is 14.3 Å². The quantitative estimate of drug-likeness (QED) is 0.418. The summed E-state index contributed by atoms with van der Waals surface area (Å²) in [5.41, 5.74) is 5.67. The molecule has 33 heavy (non-hydrogen) atoms. The van der Waals surface area contributed by atoms with Crippen molar-refractivity contribution in [1.29, 1.82) is 0 Å². The number of nitrogens with one attached hydrogen (secondary N) is 2. The number of rotatable bonds is 13. The summed E-state index contributed by atoms with van der Waals surface area (Å²) in [7, 11) is 0. The average molecular weight is 462 g/mol. The van der Waals surface area contributed by atoms with Gasteiger partial charge in [0.05, 0.1) is 25.4 Å². The van der Waals surface area contributed by atoms with Crippen molar-refractivity contribution in [2.24, 2.45) is 0 Å². The Balaban J connectivity index is 2.34. The fourth-order valence-electron chi connectivity index (χ4n) is 3.47. The second kappa shape index (κ2) is 12.6. The molecule has 4 N–H and O–H groups in total. The molecule has 0 fully saturated rings. The fourth-order valence-corrected chi connectivity index (χ4v) is 3.47. The molecule has 1 amide bonds. The number of anilines is 3. The van der Waals surface area contributed by atoms with Crippen LogP contribution in [0.5, 0.6) is 11.5 Å². The molecule has 182 valence electrons. The lowest BCUT2D eigenvalue weighted by Gasteiger charge is -2.25. The maximum Gasteiger partial charge on any atom is 0.330 e. The molecule has 0 saturated carbocycles. The molecule has 10 nitrogen and oxygen atoms in total. The average Bonchev–Trinajstić information content (AvgIpc) is 2.75. The number of benzene rings is 1. The summed E-state index contributed by atoms with van der Waals surface area (Å²) in [5.74, 6) is 0.821. The molecular formula is C23H35N5O5. The first-order chi connectivity index (χ1) is 15.9. The van der Waals surface area contributed by atoms with Crippen molar-refractivity contribution in [3.05, 3.63) is 39.0 Å². The zero-order valence-corrected chi connectivity index (χ0v) is 19.9. The van der Waals surface area contributed by atoms with Crippen LogP contribution in [-0.2, 0) is 11.3 Å². The Morgan fingerprint density at radius 3 is 2.48 bits per heavy atom. The van der Waals surface area contributed by atoms with Crippen LogP contribution in [0.4, 0.5) is 17.2 Å². The molecule has 2 rings (SSSR count). The van der Waals surface area contributed by atoms with Crippen LogP contribution in [0.2, 0.25) is 0 Å². The number of unbranched alkanes of at least 4 members (excludes halogenated alkanes) is 1. The van der Waals surface area contributed by atoms with Gasteiger partial charge in [-0.2, -0.15) is 0 Å². The summed E-state index contributed by atoms with van der Waals surface area (Å²) in [5, 5.41) is 2.84. The van der Waals surface area contributed by atoms with Crippen LogP contribution in [0.3, 0.4) is 0 Å². The Labute approximate surface area is 193 Å². The van der Waals surface area contributed by atoms with Gasteiger partial charge in [-0.05, 0) is 38.8 Å². The molecule has 0 radical (unpaired) electrons. The topological polar surface area (TPSA) is 132 Å². The van der Waals surface area contributed by atoms with Crippen molar-refractivity contribution in [3.8, 4) is 11.5 Å². The summed E-state index contributed by atoms with van der Waals surface area (Å²) >= 11 is 0. The lowest BCUT2D eigenvalue weighted by Crippen LogP contribution is -2.42. The number of nitrogens with two attached hydrogens (primary N) is 1. The van der Waals surface area contributed by atoms with Crippen LogP contribution in [0, 0.1) is 0 Å². The Morgan fingerprint density at radius 1 is 1.12 bits per heavy atom. The van der Waals surface area contributed by atoms with E-state index >= 15 is 0 Å². The SMILES string of the molecule is CCCCn1c(N)c(N(CCC)CC(=O)Nc2cc(OCC)ccc2OCC)c(=O)[nH]c1=O. The minimum Gasteiger partial charge on any atom is -0.494 e. The van der Waals surface area contributed by atoms with E-state index in [0.29, 0.717) is 49.9 Å². The first-order valence-corrected chi connectivity index (χ1v) is 11.4. The Bertz CT molecular complexity index is 1050. The number of hydrogen-bond donors (Lipinski definition) is 3. The van der Waals surface area contributed by atoms with Gasteiger partial charge < -0.3 is 25.4 Å². The Hall–Kier alpha value is -3.43. The number of amides is 1. The highest BCUT2D eigenvalue weighted by Crippen LogP contribution is 2.29. The maximum atomic E-state index is 13.0. The van der Waals surface area contributed by atoms with Gasteiger partial charge in [0.25, 0.3) is 5.56 Å². The Morgan fingerprint density at radius 2 is 1.85 bits per heavy atom. The van der Waals surface area contributed by atoms with E-state index in [1.165, 1.54) is 4.57 Å². The highest BCUT2D eigenvalue weighted by Gasteiger charge is 2.21. The molecule has 0 aliphatic heterocycles. The molecule has 0 saturated heterocycles. The van der Waals surface area contributed by atoms with Gasteiger partial charge in [0.15, 0.2) is 0 Å². The van der Waals surface area contributed by atoms with Crippen LogP contribution in [0.15, 0.2) is 27.8 Å². The predicted octanol–water partition coefficient (Wildman–Crippen LogP) is 2.57. The number of aromatic nitrogens is 2. The van der Waals surface area contributed by atoms with Crippen LogP contribution >= 0.6 is 0 Å². The zero-order chi connectivity index (χ0) is 24.4. The van der Waals surface area contributed by atoms with Crippen molar-refractivity contribution in [1.82, 2.24) is 9.55 Å². The summed E-state index contributed by atoms with van der Waals surface area (Å²) < 4.78 is 12.5. The van der Waals surface area contributed by atoms with Crippen molar-refractivity contribution in [3.63, 3.8) is 0 Å². The molecule has 2 aromatic rings. The molecule has 1 aromatic heterocycles. The molecule has 1 heterocycles. The normalized spacial score (nSPS) is 10.7. The smallest absolute Gasteiger partial charge is 0.330 e. The molecule has 1 aromatic carbocycles. The minimum atomic E-state index is -0.611. The van der Waals surface area contributed by atoms with Crippen molar-refractivity contribution in [2.45, 2.75) is 53.5 Å². The van der Waals surface area contributed by atoms with E-state index in [9.17, 15) is 14.4 Å². The first-order valence-electron chi connectivity index (χ1n) is 11.4. The molecule has 0 atom stereocenters. The number of nitrogen functional groups attached to an aromatic ring is 1.